The molecule has 138 valence electrons. The van der Waals surface area contributed by atoms with E-state index in [4.69, 9.17) is 10.00 Å². The topological polar surface area (TPSA) is 79.3 Å². The molecular weight excluding hydrogens is 342 g/mol. The Hall–Kier alpha value is -3.33. The van der Waals surface area contributed by atoms with E-state index >= 15 is 0 Å². The molecule has 3 rings (SSSR count). The Labute approximate surface area is 157 Å². The van der Waals surface area contributed by atoms with Crippen LogP contribution in [0.5, 0.6) is 11.6 Å². The van der Waals surface area contributed by atoms with Gasteiger partial charge in [-0.15, -0.1) is 0 Å². The Bertz CT molecular complexity index is 1050. The minimum Gasteiger partial charge on any atom is -0.494 e. The van der Waals surface area contributed by atoms with Crippen LogP contribution in [0.4, 0.5) is 0 Å². The molecule has 2 aromatic heterocycles. The molecule has 0 radical (unpaired) electrons. The van der Waals surface area contributed by atoms with E-state index in [9.17, 15) is 9.90 Å². The van der Waals surface area contributed by atoms with Gasteiger partial charge in [0.2, 0.25) is 0 Å². The maximum absolute atomic E-state index is 13.0. The van der Waals surface area contributed by atoms with E-state index in [0.717, 1.165) is 12.8 Å². The van der Waals surface area contributed by atoms with Gasteiger partial charge in [0, 0.05) is 11.6 Å². The zero-order valence-electron chi connectivity index (χ0n) is 15.3. The number of aromatic hydroxyl groups is 1. The molecule has 0 atom stereocenters. The number of hydrogen-bond donors (Lipinski definition) is 1. The molecule has 1 N–H and O–H groups in total. The van der Waals surface area contributed by atoms with Crippen molar-refractivity contribution in [2.75, 3.05) is 6.61 Å². The summed E-state index contributed by atoms with van der Waals surface area (Å²) >= 11 is 0. The summed E-state index contributed by atoms with van der Waals surface area (Å²) in [4.78, 5) is 13.0. The quantitative estimate of drug-likeness (QED) is 0.516. The summed E-state index contributed by atoms with van der Waals surface area (Å²) in [6.45, 7) is 2.98. The van der Waals surface area contributed by atoms with Crippen molar-refractivity contribution in [1.29, 1.82) is 5.26 Å². The first-order valence-corrected chi connectivity index (χ1v) is 9.03. The maximum Gasteiger partial charge on any atom is 0.354 e. The summed E-state index contributed by atoms with van der Waals surface area (Å²) < 4.78 is 8.80. The molecule has 6 nitrogen and oxygen atoms in total. The molecule has 0 bridgehead atoms. The standard InChI is InChI=1S/C21H21N3O3/c1-2-3-14-27-17-9-6-8-16(15-17)19-20(25)23-12-5-4-10-18(23)24(21(19)26)13-7-11-22/h4-6,8-10,12,15H,2-3,7,13-14H2,1H3/p+1. The van der Waals surface area contributed by atoms with E-state index in [-0.39, 0.29) is 30.0 Å². The summed E-state index contributed by atoms with van der Waals surface area (Å²) in [5.74, 6) is 0.508. The fourth-order valence-electron chi connectivity index (χ4n) is 3.00. The van der Waals surface area contributed by atoms with E-state index in [2.05, 4.69) is 13.0 Å². The molecule has 2 heterocycles. The Morgan fingerprint density at radius 1 is 1.26 bits per heavy atom. The van der Waals surface area contributed by atoms with Crippen LogP contribution < -0.4 is 14.7 Å². The number of rotatable bonds is 7. The highest BCUT2D eigenvalue weighted by atomic mass is 16.5. The van der Waals surface area contributed by atoms with Gasteiger partial charge in [-0.25, -0.2) is 4.79 Å². The highest BCUT2D eigenvalue weighted by Gasteiger charge is 2.24. The van der Waals surface area contributed by atoms with Crippen LogP contribution in [0.2, 0.25) is 0 Å². The second-order valence-electron chi connectivity index (χ2n) is 6.22. The first-order chi connectivity index (χ1) is 13.2. The molecular formula is C21H22N3O3+. The van der Waals surface area contributed by atoms with Crippen LogP contribution in [0, 0.1) is 11.3 Å². The van der Waals surface area contributed by atoms with Crippen molar-refractivity contribution < 1.29 is 14.2 Å². The molecule has 3 aromatic rings. The highest BCUT2D eigenvalue weighted by molar-refractivity contribution is 5.69. The van der Waals surface area contributed by atoms with E-state index in [1.54, 1.807) is 47.2 Å². The van der Waals surface area contributed by atoms with Gasteiger partial charge >= 0.3 is 5.56 Å². The average Bonchev–Trinajstić information content (AvgIpc) is 2.69. The number of benzene rings is 1. The number of ether oxygens (including phenoxy) is 1. The SMILES string of the molecule is CCCCOc1cccc(-c2c(O)n(CCC#N)c3cccc[n+]3c2=O)c1. The normalized spacial score (nSPS) is 10.7. The first-order valence-electron chi connectivity index (χ1n) is 9.03. The lowest BCUT2D eigenvalue weighted by atomic mass is 10.1. The average molecular weight is 364 g/mol. The zero-order valence-corrected chi connectivity index (χ0v) is 15.3. The zero-order chi connectivity index (χ0) is 19.2. The number of unbranched alkanes of at least 4 members (excludes halogenated alkanes) is 1. The first kappa shape index (κ1) is 18.5. The molecule has 6 heteroatoms. The predicted molar refractivity (Wildman–Crippen MR) is 102 cm³/mol. The summed E-state index contributed by atoms with van der Waals surface area (Å²) in [6.07, 6.45) is 3.86. The molecule has 0 aliphatic heterocycles. The van der Waals surface area contributed by atoms with Crippen LogP contribution in [-0.2, 0) is 6.54 Å². The summed E-state index contributed by atoms with van der Waals surface area (Å²) in [5.41, 5.74) is 0.990. The van der Waals surface area contributed by atoms with E-state index in [1.165, 1.54) is 4.40 Å². The molecule has 0 amide bonds. The van der Waals surface area contributed by atoms with Gasteiger partial charge < -0.3 is 9.84 Å². The van der Waals surface area contributed by atoms with Gasteiger partial charge in [-0.2, -0.15) is 14.2 Å². The van der Waals surface area contributed by atoms with Crippen molar-refractivity contribution in [3.63, 3.8) is 0 Å². The largest absolute Gasteiger partial charge is 0.494 e. The van der Waals surface area contributed by atoms with Crippen molar-refractivity contribution in [2.24, 2.45) is 0 Å². The lowest BCUT2D eigenvalue weighted by Crippen LogP contribution is -2.43. The molecule has 27 heavy (non-hydrogen) atoms. The van der Waals surface area contributed by atoms with Gasteiger partial charge in [0.1, 0.15) is 12.3 Å². The predicted octanol–water partition coefficient (Wildman–Crippen LogP) is 3.05. The summed E-state index contributed by atoms with van der Waals surface area (Å²) in [7, 11) is 0. The van der Waals surface area contributed by atoms with Gasteiger partial charge in [-0.05, 0) is 24.6 Å². The highest BCUT2D eigenvalue weighted by Crippen LogP contribution is 2.29. The molecule has 0 spiro atoms. The van der Waals surface area contributed by atoms with Gasteiger partial charge in [-0.1, -0.05) is 31.5 Å². The Balaban J connectivity index is 2.16. The van der Waals surface area contributed by atoms with E-state index < -0.39 is 0 Å². The minimum absolute atomic E-state index is 0.146. The summed E-state index contributed by atoms with van der Waals surface area (Å²) in [5, 5.41) is 19.8. The van der Waals surface area contributed by atoms with Crippen LogP contribution in [0.15, 0.2) is 53.5 Å². The second kappa shape index (κ2) is 8.37. The van der Waals surface area contributed by atoms with Crippen LogP contribution in [0.25, 0.3) is 16.8 Å². The van der Waals surface area contributed by atoms with Gasteiger partial charge in [-0.3, -0.25) is 0 Å². The summed E-state index contributed by atoms with van der Waals surface area (Å²) in [6, 6.07) is 14.5. The molecule has 0 aliphatic carbocycles. The minimum atomic E-state index is -0.318. The number of pyridine rings is 1. The molecule has 0 aliphatic rings. The van der Waals surface area contributed by atoms with Crippen molar-refractivity contribution in [1.82, 2.24) is 4.57 Å². The fourth-order valence-corrected chi connectivity index (χ4v) is 3.00. The lowest BCUT2D eigenvalue weighted by molar-refractivity contribution is -0.532. The fraction of sp³-hybridized carbons (Fsp3) is 0.286. The monoisotopic (exact) mass is 364 g/mol. The van der Waals surface area contributed by atoms with E-state index in [0.29, 0.717) is 23.6 Å². The molecule has 1 aromatic carbocycles. The van der Waals surface area contributed by atoms with E-state index in [1.807, 2.05) is 6.07 Å². The van der Waals surface area contributed by atoms with Crippen molar-refractivity contribution in [2.45, 2.75) is 32.7 Å². The number of aryl methyl sites for hydroxylation is 1. The van der Waals surface area contributed by atoms with Gasteiger partial charge in [0.15, 0.2) is 5.56 Å². The third kappa shape index (κ3) is 3.77. The molecule has 0 saturated heterocycles. The molecule has 0 fully saturated rings. The molecule has 0 saturated carbocycles. The van der Waals surface area contributed by atoms with Crippen molar-refractivity contribution >= 4 is 5.65 Å². The number of hydrogen-bond acceptors (Lipinski definition) is 4. The Morgan fingerprint density at radius 2 is 2.11 bits per heavy atom. The maximum atomic E-state index is 13.0. The Kier molecular flexibility index (Phi) is 5.72. The third-order valence-electron chi connectivity index (χ3n) is 4.36. The third-order valence-corrected chi connectivity index (χ3v) is 4.36. The van der Waals surface area contributed by atoms with Gasteiger partial charge in [0.05, 0.1) is 25.3 Å². The number of fused-ring (bicyclic) bond motifs is 1. The Morgan fingerprint density at radius 3 is 2.89 bits per heavy atom. The smallest absolute Gasteiger partial charge is 0.354 e. The van der Waals surface area contributed by atoms with Crippen LogP contribution in [-0.4, -0.2) is 16.3 Å². The van der Waals surface area contributed by atoms with Crippen LogP contribution in [0.3, 0.4) is 0 Å². The number of nitriles is 1. The van der Waals surface area contributed by atoms with Crippen LogP contribution >= 0.6 is 0 Å². The number of aromatic nitrogens is 2. The number of nitrogens with zero attached hydrogens (tertiary/aromatic N) is 3. The van der Waals surface area contributed by atoms with Gasteiger partial charge in [0.25, 0.3) is 11.5 Å². The molecule has 0 unspecified atom stereocenters. The second-order valence-corrected chi connectivity index (χ2v) is 6.22. The van der Waals surface area contributed by atoms with Crippen LogP contribution in [0.1, 0.15) is 26.2 Å². The lowest BCUT2D eigenvalue weighted by Gasteiger charge is -2.10. The van der Waals surface area contributed by atoms with Crippen molar-refractivity contribution in [3.05, 3.63) is 59.0 Å². The van der Waals surface area contributed by atoms with Crippen molar-refractivity contribution in [3.8, 4) is 28.8 Å².